The lowest BCUT2D eigenvalue weighted by molar-refractivity contribution is -0.155. The van der Waals surface area contributed by atoms with E-state index in [1.165, 1.54) is 11.0 Å². The van der Waals surface area contributed by atoms with Crippen LogP contribution in [0, 0.1) is 0 Å². The molecule has 0 unspecified atom stereocenters. The van der Waals surface area contributed by atoms with Gasteiger partial charge in [0.15, 0.2) is 12.4 Å². The molecule has 1 amide bonds. The number of hydrogen-bond acceptors (Lipinski definition) is 8. The molecule has 6 atom stereocenters. The Morgan fingerprint density at radius 3 is 2.89 bits per heavy atom. The summed E-state index contributed by atoms with van der Waals surface area (Å²) in [5, 5.41) is 36.3. The Bertz CT molecular complexity index is 442. The highest BCUT2D eigenvalue weighted by Gasteiger charge is 2.50. The maximum absolute atomic E-state index is 11.9. The Morgan fingerprint density at radius 2 is 2.21 bits per heavy atom. The van der Waals surface area contributed by atoms with Crippen molar-refractivity contribution in [3.63, 3.8) is 0 Å². The van der Waals surface area contributed by atoms with E-state index in [0.717, 1.165) is 0 Å². The third-order valence-corrected chi connectivity index (χ3v) is 3.48. The minimum atomic E-state index is -1.30. The van der Waals surface area contributed by atoms with Gasteiger partial charge in [-0.05, 0) is 0 Å². The van der Waals surface area contributed by atoms with Crippen molar-refractivity contribution < 1.29 is 24.9 Å². The number of rotatable bonds is 2. The van der Waals surface area contributed by atoms with Crippen LogP contribution in [0.25, 0.3) is 0 Å². The van der Waals surface area contributed by atoms with Gasteiger partial charge in [0.05, 0.1) is 6.61 Å². The normalized spacial score (nSPS) is 44.6. The molecule has 9 heteroatoms. The lowest BCUT2D eigenvalue weighted by atomic mass is 10.1. The first-order valence-corrected chi connectivity index (χ1v) is 5.92. The first kappa shape index (κ1) is 12.5. The molecule has 3 rings (SSSR count). The molecule has 0 aromatic carbocycles. The van der Waals surface area contributed by atoms with Gasteiger partial charge < -0.3 is 20.1 Å². The molecular weight excluding hydrogens is 256 g/mol. The maximum atomic E-state index is 11.9. The Labute approximate surface area is 108 Å². The molecule has 3 aliphatic heterocycles. The second kappa shape index (κ2) is 4.53. The molecule has 3 aliphatic rings. The summed E-state index contributed by atoms with van der Waals surface area (Å²) in [6.45, 7) is -0.444. The molecule has 0 aliphatic carbocycles. The van der Waals surface area contributed by atoms with Crippen molar-refractivity contribution in [2.45, 2.75) is 36.7 Å². The van der Waals surface area contributed by atoms with Crippen molar-refractivity contribution in [3.8, 4) is 0 Å². The van der Waals surface area contributed by atoms with Crippen molar-refractivity contribution in [2.75, 3.05) is 6.61 Å². The van der Waals surface area contributed by atoms with Gasteiger partial charge in [-0.3, -0.25) is 15.1 Å². The van der Waals surface area contributed by atoms with Crippen LogP contribution in [0.4, 0.5) is 0 Å². The number of amides is 1. The number of carbonyl (C=O) groups excluding carboxylic acids is 1. The van der Waals surface area contributed by atoms with Crippen LogP contribution >= 0.6 is 0 Å². The highest BCUT2D eigenvalue weighted by Crippen LogP contribution is 2.30. The highest BCUT2D eigenvalue weighted by molar-refractivity contribution is 5.89. The van der Waals surface area contributed by atoms with Gasteiger partial charge in [-0.1, -0.05) is 11.3 Å². The number of aliphatic hydroxyl groups excluding tert-OH is 3. The largest absolute Gasteiger partial charge is 0.394 e. The third kappa shape index (κ3) is 1.82. The van der Waals surface area contributed by atoms with Crippen LogP contribution in [0.1, 0.15) is 0 Å². The lowest BCUT2D eigenvalue weighted by Crippen LogP contribution is -2.56. The standard InChI is InChI=1S/C10H14N4O5/c15-3-5-7(17)8(18)10(19-5)14-6(16)2-1-4-9(14)12-13-11-4/h1-2,4-5,7-10,15,17-18H,3H2,(H,11,12)/t4-,5-,7+,8+,9-,10-/m0/s1. The predicted octanol–water partition coefficient (Wildman–Crippen LogP) is -2.51. The van der Waals surface area contributed by atoms with E-state index in [1.807, 2.05) is 0 Å². The minimum absolute atomic E-state index is 0.279. The summed E-state index contributed by atoms with van der Waals surface area (Å²) in [6.07, 6.45) is -2.20. The Kier molecular flexibility index (Phi) is 2.97. The fourth-order valence-electron chi connectivity index (χ4n) is 2.46. The van der Waals surface area contributed by atoms with Crippen molar-refractivity contribution in [1.29, 1.82) is 0 Å². The van der Waals surface area contributed by atoms with E-state index in [4.69, 9.17) is 9.84 Å². The van der Waals surface area contributed by atoms with E-state index < -0.39 is 43.2 Å². The molecule has 104 valence electrons. The van der Waals surface area contributed by atoms with Crippen LogP contribution < -0.4 is 5.43 Å². The number of ether oxygens (including phenoxy) is 1. The van der Waals surface area contributed by atoms with E-state index in [1.54, 1.807) is 6.08 Å². The molecule has 1 saturated heterocycles. The van der Waals surface area contributed by atoms with Gasteiger partial charge in [-0.25, -0.2) is 0 Å². The number of aliphatic hydroxyl groups is 3. The molecule has 0 bridgehead atoms. The fraction of sp³-hybridized carbons (Fsp3) is 0.700. The molecule has 0 spiro atoms. The summed E-state index contributed by atoms with van der Waals surface area (Å²) >= 11 is 0. The first-order chi connectivity index (χ1) is 9.13. The summed E-state index contributed by atoms with van der Waals surface area (Å²) in [5.41, 5.74) is 2.71. The Balaban J connectivity index is 1.87. The molecule has 9 nitrogen and oxygen atoms in total. The van der Waals surface area contributed by atoms with Crippen LogP contribution in [-0.2, 0) is 9.53 Å². The second-order valence-electron chi connectivity index (χ2n) is 4.62. The smallest absolute Gasteiger partial charge is 0.250 e. The Morgan fingerprint density at radius 1 is 1.42 bits per heavy atom. The monoisotopic (exact) mass is 270 g/mol. The maximum Gasteiger partial charge on any atom is 0.250 e. The second-order valence-corrected chi connectivity index (χ2v) is 4.62. The zero-order chi connectivity index (χ0) is 13.6. The SMILES string of the molecule is O=C1C=C[C@@H]2NN=N[C@H]2N1[C@H]1O[C@@H](CO)[C@@H](O)[C@H]1O. The van der Waals surface area contributed by atoms with E-state index in [-0.39, 0.29) is 6.04 Å². The molecule has 19 heavy (non-hydrogen) atoms. The first-order valence-electron chi connectivity index (χ1n) is 5.92. The minimum Gasteiger partial charge on any atom is -0.394 e. The fourth-order valence-corrected chi connectivity index (χ4v) is 2.46. The molecule has 0 radical (unpaired) electrons. The molecule has 4 N–H and O–H groups in total. The summed E-state index contributed by atoms with van der Waals surface area (Å²) in [4.78, 5) is 13.2. The molecule has 1 fully saturated rings. The van der Waals surface area contributed by atoms with Crippen LogP contribution in [-0.4, -0.2) is 69.5 Å². The predicted molar refractivity (Wildman–Crippen MR) is 59.3 cm³/mol. The summed E-state index contributed by atoms with van der Waals surface area (Å²) < 4.78 is 5.34. The molecule has 0 aromatic rings. The quantitative estimate of drug-likeness (QED) is 0.439. The van der Waals surface area contributed by atoms with Crippen LogP contribution in [0.3, 0.4) is 0 Å². The lowest BCUT2D eigenvalue weighted by Gasteiger charge is -2.36. The van der Waals surface area contributed by atoms with Gasteiger partial charge in [-0.15, -0.1) is 5.11 Å². The summed E-state index contributed by atoms with van der Waals surface area (Å²) in [5.74, 6) is -0.390. The van der Waals surface area contributed by atoms with Crippen molar-refractivity contribution >= 4 is 5.91 Å². The summed E-state index contributed by atoms with van der Waals surface area (Å²) in [7, 11) is 0. The van der Waals surface area contributed by atoms with E-state index in [2.05, 4.69) is 15.8 Å². The van der Waals surface area contributed by atoms with Gasteiger partial charge in [-0.2, -0.15) is 0 Å². The molecule has 0 aromatic heterocycles. The van der Waals surface area contributed by atoms with Gasteiger partial charge in [0.1, 0.15) is 24.4 Å². The van der Waals surface area contributed by atoms with Crippen LogP contribution in [0.15, 0.2) is 22.5 Å². The van der Waals surface area contributed by atoms with E-state index in [9.17, 15) is 15.0 Å². The highest BCUT2D eigenvalue weighted by atomic mass is 16.6. The van der Waals surface area contributed by atoms with Gasteiger partial charge in [0.25, 0.3) is 0 Å². The molecular formula is C10H14N4O5. The number of nitrogens with zero attached hydrogens (tertiary/aromatic N) is 3. The number of nitrogens with one attached hydrogen (secondary N) is 1. The van der Waals surface area contributed by atoms with Gasteiger partial charge in [0.2, 0.25) is 5.91 Å². The van der Waals surface area contributed by atoms with Crippen molar-refractivity contribution in [2.24, 2.45) is 10.3 Å². The molecule has 0 saturated carbocycles. The van der Waals surface area contributed by atoms with Crippen LogP contribution in [0.2, 0.25) is 0 Å². The summed E-state index contributed by atoms with van der Waals surface area (Å²) in [6, 6.07) is -0.279. The van der Waals surface area contributed by atoms with E-state index >= 15 is 0 Å². The van der Waals surface area contributed by atoms with Gasteiger partial charge >= 0.3 is 0 Å². The molecule has 3 heterocycles. The number of fused-ring (bicyclic) bond motifs is 1. The zero-order valence-electron chi connectivity index (χ0n) is 9.83. The van der Waals surface area contributed by atoms with Gasteiger partial charge in [0, 0.05) is 6.08 Å². The Hall–Kier alpha value is -1.55. The average Bonchev–Trinajstić information content (AvgIpc) is 2.97. The van der Waals surface area contributed by atoms with Crippen molar-refractivity contribution in [1.82, 2.24) is 10.3 Å². The topological polar surface area (TPSA) is 127 Å². The van der Waals surface area contributed by atoms with Crippen LogP contribution in [0.5, 0.6) is 0 Å². The van der Waals surface area contributed by atoms with E-state index in [0.29, 0.717) is 0 Å². The van der Waals surface area contributed by atoms with Crippen molar-refractivity contribution in [3.05, 3.63) is 12.2 Å². The average molecular weight is 270 g/mol. The number of carbonyl (C=O) groups is 1. The third-order valence-electron chi connectivity index (χ3n) is 3.48. The zero-order valence-corrected chi connectivity index (χ0v) is 9.83. The number of hydrogen-bond donors (Lipinski definition) is 4.